The zero-order valence-corrected chi connectivity index (χ0v) is 12.8. The predicted molar refractivity (Wildman–Crippen MR) is 85.9 cm³/mol. The molecule has 1 aromatic carbocycles. The van der Waals surface area contributed by atoms with Crippen LogP contribution in [0.25, 0.3) is 0 Å². The molecule has 3 nitrogen and oxygen atoms in total. The third kappa shape index (κ3) is 5.02. The SMILES string of the molecule is Cc1cc(F)ccc1CNc1cc(CSCCO)ccn1. The highest BCUT2D eigenvalue weighted by molar-refractivity contribution is 7.98. The van der Waals surface area contributed by atoms with Gasteiger partial charge >= 0.3 is 0 Å². The Bertz CT molecular complexity index is 592. The second-order valence-electron chi connectivity index (χ2n) is 4.75. The van der Waals surface area contributed by atoms with Gasteiger partial charge in [-0.15, -0.1) is 0 Å². The number of aliphatic hydroxyl groups is 1. The maximum Gasteiger partial charge on any atom is 0.126 e. The molecule has 0 aliphatic carbocycles. The van der Waals surface area contributed by atoms with Crippen LogP contribution < -0.4 is 5.32 Å². The predicted octanol–water partition coefficient (Wildman–Crippen LogP) is 3.37. The van der Waals surface area contributed by atoms with Gasteiger partial charge in [0.2, 0.25) is 0 Å². The highest BCUT2D eigenvalue weighted by atomic mass is 32.2. The normalized spacial score (nSPS) is 10.6. The lowest BCUT2D eigenvalue weighted by Gasteiger charge is -2.09. The molecule has 0 fully saturated rings. The molecule has 0 bridgehead atoms. The maximum atomic E-state index is 13.1. The number of halogens is 1. The molecule has 0 atom stereocenters. The van der Waals surface area contributed by atoms with Crippen molar-refractivity contribution in [2.24, 2.45) is 0 Å². The van der Waals surface area contributed by atoms with E-state index >= 15 is 0 Å². The molecular formula is C16H19FN2OS. The highest BCUT2D eigenvalue weighted by Crippen LogP contribution is 2.16. The number of nitrogens with zero attached hydrogens (tertiary/aromatic N) is 1. The number of aromatic nitrogens is 1. The Labute approximate surface area is 128 Å². The molecule has 2 N–H and O–H groups in total. The summed E-state index contributed by atoms with van der Waals surface area (Å²) in [6, 6.07) is 8.77. The summed E-state index contributed by atoms with van der Waals surface area (Å²) in [5.41, 5.74) is 3.15. The summed E-state index contributed by atoms with van der Waals surface area (Å²) in [5.74, 6) is 2.19. The number of hydrogen-bond acceptors (Lipinski definition) is 4. The van der Waals surface area contributed by atoms with Crippen LogP contribution in [0.15, 0.2) is 36.5 Å². The lowest BCUT2D eigenvalue weighted by Crippen LogP contribution is -2.03. The van der Waals surface area contributed by atoms with E-state index in [0.717, 1.165) is 28.5 Å². The summed E-state index contributed by atoms with van der Waals surface area (Å²) in [7, 11) is 0. The lowest BCUT2D eigenvalue weighted by molar-refractivity contribution is 0.322. The first-order chi connectivity index (χ1) is 10.2. The van der Waals surface area contributed by atoms with Gasteiger partial charge in [0, 0.05) is 24.2 Å². The van der Waals surface area contributed by atoms with Crippen LogP contribution in [0.3, 0.4) is 0 Å². The van der Waals surface area contributed by atoms with Crippen molar-refractivity contribution < 1.29 is 9.50 Å². The van der Waals surface area contributed by atoms with Crippen molar-refractivity contribution in [1.29, 1.82) is 0 Å². The summed E-state index contributed by atoms with van der Waals surface area (Å²) < 4.78 is 13.1. The number of aryl methyl sites for hydroxylation is 1. The average molecular weight is 306 g/mol. The highest BCUT2D eigenvalue weighted by Gasteiger charge is 2.02. The number of nitrogens with one attached hydrogen (secondary N) is 1. The van der Waals surface area contributed by atoms with Gasteiger partial charge in [-0.2, -0.15) is 11.8 Å². The van der Waals surface area contributed by atoms with Crippen molar-refractivity contribution in [3.63, 3.8) is 0 Å². The van der Waals surface area contributed by atoms with Crippen LogP contribution in [-0.2, 0) is 12.3 Å². The van der Waals surface area contributed by atoms with Gasteiger partial charge in [-0.25, -0.2) is 9.37 Å². The zero-order chi connectivity index (χ0) is 15.1. The van der Waals surface area contributed by atoms with Crippen molar-refractivity contribution >= 4 is 17.6 Å². The van der Waals surface area contributed by atoms with Gasteiger partial charge in [0.1, 0.15) is 11.6 Å². The fourth-order valence-corrected chi connectivity index (χ4v) is 2.65. The van der Waals surface area contributed by atoms with Crippen LogP contribution in [0.5, 0.6) is 0 Å². The van der Waals surface area contributed by atoms with Crippen LogP contribution in [0.4, 0.5) is 10.2 Å². The van der Waals surface area contributed by atoms with Crippen molar-refractivity contribution in [2.75, 3.05) is 17.7 Å². The first-order valence-corrected chi connectivity index (χ1v) is 7.97. The minimum Gasteiger partial charge on any atom is -0.396 e. The van der Waals surface area contributed by atoms with E-state index in [4.69, 9.17) is 5.11 Å². The minimum atomic E-state index is -0.211. The molecule has 0 aliphatic heterocycles. The molecule has 0 saturated heterocycles. The van der Waals surface area contributed by atoms with E-state index < -0.39 is 0 Å². The molecule has 5 heteroatoms. The summed E-state index contributed by atoms with van der Waals surface area (Å²) in [6.07, 6.45) is 1.77. The molecule has 0 radical (unpaired) electrons. The van der Waals surface area contributed by atoms with Crippen LogP contribution in [0.1, 0.15) is 16.7 Å². The van der Waals surface area contributed by atoms with Gasteiger partial charge in [0.25, 0.3) is 0 Å². The quantitative estimate of drug-likeness (QED) is 0.770. The first-order valence-electron chi connectivity index (χ1n) is 6.81. The molecule has 112 valence electrons. The van der Waals surface area contributed by atoms with Crippen LogP contribution in [0.2, 0.25) is 0 Å². The molecule has 21 heavy (non-hydrogen) atoms. The standard InChI is InChI=1S/C16H19FN2OS/c1-12-8-15(17)3-2-14(12)10-19-16-9-13(4-5-18-16)11-21-7-6-20/h2-5,8-9,20H,6-7,10-11H2,1H3,(H,18,19). The summed E-state index contributed by atoms with van der Waals surface area (Å²) in [5, 5.41) is 12.0. The van der Waals surface area contributed by atoms with E-state index in [0.29, 0.717) is 6.54 Å². The van der Waals surface area contributed by atoms with Crippen molar-refractivity contribution in [3.8, 4) is 0 Å². The largest absolute Gasteiger partial charge is 0.396 e. The fraction of sp³-hybridized carbons (Fsp3) is 0.312. The molecule has 1 heterocycles. The Kier molecular flexibility index (Phi) is 6.02. The number of hydrogen-bond donors (Lipinski definition) is 2. The zero-order valence-electron chi connectivity index (χ0n) is 12.0. The van der Waals surface area contributed by atoms with E-state index in [-0.39, 0.29) is 12.4 Å². The van der Waals surface area contributed by atoms with E-state index in [1.54, 1.807) is 24.0 Å². The first kappa shape index (κ1) is 15.8. The second kappa shape index (κ2) is 8.00. The number of thioether (sulfide) groups is 1. The van der Waals surface area contributed by atoms with E-state index in [1.807, 2.05) is 19.1 Å². The average Bonchev–Trinajstić information content (AvgIpc) is 2.47. The van der Waals surface area contributed by atoms with Crippen molar-refractivity contribution in [2.45, 2.75) is 19.2 Å². The molecule has 0 spiro atoms. The van der Waals surface area contributed by atoms with Gasteiger partial charge < -0.3 is 10.4 Å². The minimum absolute atomic E-state index is 0.199. The molecule has 0 unspecified atom stereocenters. The smallest absolute Gasteiger partial charge is 0.126 e. The number of anilines is 1. The molecule has 2 aromatic rings. The number of aliphatic hydroxyl groups excluding tert-OH is 1. The van der Waals surface area contributed by atoms with E-state index in [2.05, 4.69) is 10.3 Å². The molecule has 0 amide bonds. The fourth-order valence-electron chi connectivity index (χ4n) is 1.96. The third-order valence-electron chi connectivity index (χ3n) is 3.09. The summed E-state index contributed by atoms with van der Waals surface area (Å²) >= 11 is 1.69. The summed E-state index contributed by atoms with van der Waals surface area (Å²) in [4.78, 5) is 4.29. The van der Waals surface area contributed by atoms with Gasteiger partial charge in [0.15, 0.2) is 0 Å². The molecular weight excluding hydrogens is 287 g/mol. The number of pyridine rings is 1. The van der Waals surface area contributed by atoms with Gasteiger partial charge in [-0.3, -0.25) is 0 Å². The summed E-state index contributed by atoms with van der Waals surface area (Å²) in [6.45, 7) is 2.71. The molecule has 0 saturated carbocycles. The Morgan fingerprint density at radius 2 is 2.14 bits per heavy atom. The van der Waals surface area contributed by atoms with E-state index in [9.17, 15) is 4.39 Å². The van der Waals surface area contributed by atoms with Gasteiger partial charge in [-0.05, 0) is 47.9 Å². The second-order valence-corrected chi connectivity index (χ2v) is 5.86. The van der Waals surface area contributed by atoms with Crippen LogP contribution in [-0.4, -0.2) is 22.5 Å². The van der Waals surface area contributed by atoms with Crippen molar-refractivity contribution in [1.82, 2.24) is 4.98 Å². The molecule has 1 aromatic heterocycles. The monoisotopic (exact) mass is 306 g/mol. The Balaban J connectivity index is 1.95. The third-order valence-corrected chi connectivity index (χ3v) is 4.10. The molecule has 2 rings (SSSR count). The topological polar surface area (TPSA) is 45.1 Å². The Morgan fingerprint density at radius 1 is 1.29 bits per heavy atom. The van der Waals surface area contributed by atoms with Gasteiger partial charge in [0.05, 0.1) is 6.61 Å². The number of benzene rings is 1. The molecule has 0 aliphatic rings. The Hall–Kier alpha value is -1.59. The number of rotatable bonds is 7. The van der Waals surface area contributed by atoms with Crippen LogP contribution in [0, 0.1) is 12.7 Å². The van der Waals surface area contributed by atoms with E-state index in [1.165, 1.54) is 17.7 Å². The lowest BCUT2D eigenvalue weighted by atomic mass is 10.1. The van der Waals surface area contributed by atoms with Gasteiger partial charge in [-0.1, -0.05) is 6.07 Å². The van der Waals surface area contributed by atoms with Crippen LogP contribution >= 0.6 is 11.8 Å². The Morgan fingerprint density at radius 3 is 2.90 bits per heavy atom. The van der Waals surface area contributed by atoms with Crippen molar-refractivity contribution in [3.05, 3.63) is 59.0 Å². The maximum absolute atomic E-state index is 13.1.